The third-order valence-electron chi connectivity index (χ3n) is 2.34. The molecule has 0 saturated heterocycles. The van der Waals surface area contributed by atoms with Crippen molar-refractivity contribution in [1.82, 2.24) is 0 Å². The second-order valence-electron chi connectivity index (χ2n) is 3.58. The lowest BCUT2D eigenvalue weighted by molar-refractivity contribution is -0.387. The van der Waals surface area contributed by atoms with E-state index in [1.54, 1.807) is 18.2 Å². The van der Waals surface area contributed by atoms with Crippen molar-refractivity contribution in [3.05, 3.63) is 64.0 Å². The maximum absolute atomic E-state index is 13.7. The summed E-state index contributed by atoms with van der Waals surface area (Å²) in [6.45, 7) is 0. The van der Waals surface area contributed by atoms with Crippen LogP contribution in [0.2, 0.25) is 0 Å². The molecule has 4 nitrogen and oxygen atoms in total. The third kappa shape index (κ3) is 2.89. The van der Waals surface area contributed by atoms with Gasteiger partial charge in [-0.2, -0.15) is 5.26 Å². The van der Waals surface area contributed by atoms with Crippen LogP contribution in [0.25, 0.3) is 0 Å². The quantitative estimate of drug-likeness (QED) is 0.631. The Morgan fingerprint density at radius 1 is 1.21 bits per heavy atom. The molecule has 94 valence electrons. The van der Waals surface area contributed by atoms with E-state index in [1.165, 1.54) is 18.2 Å². The first-order valence-electron chi connectivity index (χ1n) is 5.22. The van der Waals surface area contributed by atoms with Crippen molar-refractivity contribution in [3.8, 4) is 6.07 Å². The van der Waals surface area contributed by atoms with Crippen LogP contribution in [0, 0.1) is 27.3 Å². The van der Waals surface area contributed by atoms with E-state index in [2.05, 4.69) is 0 Å². The lowest BCUT2D eigenvalue weighted by Crippen LogP contribution is -1.91. The first-order valence-corrected chi connectivity index (χ1v) is 6.04. The van der Waals surface area contributed by atoms with Gasteiger partial charge in [0.25, 0.3) is 5.69 Å². The van der Waals surface area contributed by atoms with Gasteiger partial charge in [-0.25, -0.2) is 4.39 Å². The molecule has 2 aromatic carbocycles. The Morgan fingerprint density at radius 2 is 1.95 bits per heavy atom. The Hall–Kier alpha value is -2.39. The van der Waals surface area contributed by atoms with E-state index in [1.807, 2.05) is 6.07 Å². The molecule has 0 spiro atoms. The molecule has 0 aliphatic heterocycles. The van der Waals surface area contributed by atoms with Crippen molar-refractivity contribution in [1.29, 1.82) is 5.26 Å². The van der Waals surface area contributed by atoms with Crippen molar-refractivity contribution in [2.75, 3.05) is 0 Å². The molecule has 0 aromatic heterocycles. The number of halogens is 1. The third-order valence-corrected chi connectivity index (χ3v) is 3.46. The molecule has 0 radical (unpaired) electrons. The number of rotatable bonds is 3. The Bertz CT molecular complexity index is 683. The van der Waals surface area contributed by atoms with Gasteiger partial charge in [0.2, 0.25) is 0 Å². The van der Waals surface area contributed by atoms with Gasteiger partial charge in [-0.15, -0.1) is 0 Å². The van der Waals surface area contributed by atoms with Gasteiger partial charge in [0, 0.05) is 11.0 Å². The van der Waals surface area contributed by atoms with E-state index in [9.17, 15) is 14.5 Å². The second-order valence-corrected chi connectivity index (χ2v) is 4.67. The molecule has 0 bridgehead atoms. The summed E-state index contributed by atoms with van der Waals surface area (Å²) in [6.07, 6.45) is 0. The molecule has 0 atom stereocenters. The molecule has 0 amide bonds. The number of para-hydroxylation sites is 1. The summed E-state index contributed by atoms with van der Waals surface area (Å²) < 4.78 is 13.7. The van der Waals surface area contributed by atoms with E-state index in [0.29, 0.717) is 4.90 Å². The molecule has 2 rings (SSSR count). The van der Waals surface area contributed by atoms with Crippen molar-refractivity contribution >= 4 is 17.4 Å². The van der Waals surface area contributed by atoms with Gasteiger partial charge in [0.05, 0.1) is 21.5 Å². The van der Waals surface area contributed by atoms with Crippen LogP contribution in [-0.2, 0) is 0 Å². The highest BCUT2D eigenvalue weighted by Crippen LogP contribution is 2.35. The topological polar surface area (TPSA) is 66.9 Å². The number of nitro benzene ring substituents is 1. The molecular weight excluding hydrogens is 267 g/mol. The summed E-state index contributed by atoms with van der Waals surface area (Å²) in [5.74, 6) is -0.567. The average molecular weight is 274 g/mol. The average Bonchev–Trinajstić information content (AvgIpc) is 2.41. The number of benzene rings is 2. The number of nitriles is 1. The Kier molecular flexibility index (Phi) is 3.78. The normalized spacial score (nSPS) is 9.89. The van der Waals surface area contributed by atoms with Gasteiger partial charge >= 0.3 is 0 Å². The number of nitrogens with zero attached hydrogens (tertiary/aromatic N) is 2. The van der Waals surface area contributed by atoms with E-state index >= 15 is 0 Å². The van der Waals surface area contributed by atoms with E-state index < -0.39 is 10.7 Å². The van der Waals surface area contributed by atoms with Gasteiger partial charge in [-0.1, -0.05) is 23.9 Å². The zero-order chi connectivity index (χ0) is 13.8. The Morgan fingerprint density at radius 3 is 2.58 bits per heavy atom. The first kappa shape index (κ1) is 13.1. The predicted octanol–water partition coefficient (Wildman–Crippen LogP) is 3.76. The van der Waals surface area contributed by atoms with E-state index in [0.717, 1.165) is 17.8 Å². The first-order chi connectivity index (χ1) is 9.11. The zero-order valence-electron chi connectivity index (χ0n) is 9.54. The highest BCUT2D eigenvalue weighted by atomic mass is 32.2. The number of hydrogen-bond donors (Lipinski definition) is 0. The number of nitro groups is 1. The van der Waals surface area contributed by atoms with Gasteiger partial charge in [-0.3, -0.25) is 10.1 Å². The maximum Gasteiger partial charge on any atom is 0.283 e. The minimum Gasteiger partial charge on any atom is -0.258 e. The largest absolute Gasteiger partial charge is 0.283 e. The van der Waals surface area contributed by atoms with E-state index in [-0.39, 0.29) is 16.1 Å². The minimum atomic E-state index is -0.567. The summed E-state index contributed by atoms with van der Waals surface area (Å²) in [7, 11) is 0. The van der Waals surface area contributed by atoms with Crippen LogP contribution in [-0.4, -0.2) is 4.92 Å². The van der Waals surface area contributed by atoms with Gasteiger partial charge < -0.3 is 0 Å². The fourth-order valence-electron chi connectivity index (χ4n) is 1.47. The molecule has 0 heterocycles. The molecule has 0 aliphatic rings. The standard InChI is InChI=1S/C13H7FN2O2S/c14-10-7-9(8-15)5-6-12(10)19-13-4-2-1-3-11(13)16(17)18/h1-7H. The van der Waals surface area contributed by atoms with E-state index in [4.69, 9.17) is 5.26 Å². The minimum absolute atomic E-state index is 0.0729. The van der Waals surface area contributed by atoms with Crippen LogP contribution in [0.5, 0.6) is 0 Å². The van der Waals surface area contributed by atoms with Gasteiger partial charge in [0.15, 0.2) is 0 Å². The maximum atomic E-state index is 13.7. The molecule has 0 saturated carbocycles. The predicted molar refractivity (Wildman–Crippen MR) is 68.3 cm³/mol. The fraction of sp³-hybridized carbons (Fsp3) is 0. The van der Waals surface area contributed by atoms with Crippen LogP contribution in [0.4, 0.5) is 10.1 Å². The van der Waals surface area contributed by atoms with Gasteiger partial charge in [-0.05, 0) is 24.3 Å². The summed E-state index contributed by atoms with van der Waals surface area (Å²) in [4.78, 5) is 10.9. The monoisotopic (exact) mass is 274 g/mol. The van der Waals surface area contributed by atoms with Crippen molar-refractivity contribution in [3.63, 3.8) is 0 Å². The molecule has 0 unspecified atom stereocenters. The summed E-state index contributed by atoms with van der Waals surface area (Å²) in [6, 6.07) is 12.0. The molecule has 19 heavy (non-hydrogen) atoms. The summed E-state index contributed by atoms with van der Waals surface area (Å²) >= 11 is 0.962. The second kappa shape index (κ2) is 5.50. The van der Waals surface area contributed by atoms with Crippen LogP contribution in [0.15, 0.2) is 52.3 Å². The Balaban J connectivity index is 2.37. The molecule has 0 N–H and O–H groups in total. The highest BCUT2D eigenvalue weighted by molar-refractivity contribution is 7.99. The van der Waals surface area contributed by atoms with Crippen LogP contribution < -0.4 is 0 Å². The Labute approximate surface area is 112 Å². The highest BCUT2D eigenvalue weighted by Gasteiger charge is 2.15. The van der Waals surface area contributed by atoms with Crippen molar-refractivity contribution < 1.29 is 9.31 Å². The molecule has 6 heteroatoms. The zero-order valence-corrected chi connectivity index (χ0v) is 10.4. The van der Waals surface area contributed by atoms with Crippen LogP contribution in [0.3, 0.4) is 0 Å². The summed E-state index contributed by atoms with van der Waals surface area (Å²) in [5, 5.41) is 19.5. The lowest BCUT2D eigenvalue weighted by Gasteiger charge is -2.04. The smallest absolute Gasteiger partial charge is 0.258 e. The SMILES string of the molecule is N#Cc1ccc(Sc2ccccc2[N+](=O)[O-])c(F)c1. The summed E-state index contributed by atoms with van der Waals surface area (Å²) in [5.41, 5.74) is 0.140. The molecular formula is C13H7FN2O2S. The van der Waals surface area contributed by atoms with Gasteiger partial charge in [0.1, 0.15) is 5.82 Å². The molecule has 0 fully saturated rings. The van der Waals surface area contributed by atoms with Crippen molar-refractivity contribution in [2.24, 2.45) is 0 Å². The van der Waals surface area contributed by atoms with Crippen LogP contribution in [0.1, 0.15) is 5.56 Å². The lowest BCUT2D eigenvalue weighted by atomic mass is 10.2. The number of hydrogen-bond acceptors (Lipinski definition) is 4. The van der Waals surface area contributed by atoms with Crippen LogP contribution >= 0.6 is 11.8 Å². The molecule has 0 aliphatic carbocycles. The van der Waals surface area contributed by atoms with Crippen molar-refractivity contribution in [2.45, 2.75) is 9.79 Å². The fourth-order valence-corrected chi connectivity index (χ4v) is 2.39. The molecule has 2 aromatic rings.